The van der Waals surface area contributed by atoms with Gasteiger partial charge in [0, 0.05) is 23.5 Å². The Labute approximate surface area is 197 Å². The summed E-state index contributed by atoms with van der Waals surface area (Å²) in [4.78, 5) is 20.8. The average molecular weight is 495 g/mol. The molecule has 0 aliphatic heterocycles. The average Bonchev–Trinajstić information content (AvgIpc) is 3.13. The van der Waals surface area contributed by atoms with Crippen molar-refractivity contribution in [2.75, 3.05) is 11.9 Å². The van der Waals surface area contributed by atoms with Gasteiger partial charge in [0.2, 0.25) is 3.79 Å². The topological polar surface area (TPSA) is 81.4 Å². The number of hydrogen-bond acceptors (Lipinski definition) is 5. The lowest BCUT2D eigenvalue weighted by atomic mass is 10.0. The van der Waals surface area contributed by atoms with E-state index in [0.717, 1.165) is 5.56 Å². The molecular weight excluding hydrogens is 480 g/mol. The number of halogens is 4. The van der Waals surface area contributed by atoms with E-state index in [1.54, 1.807) is 48.0 Å². The zero-order valence-electron chi connectivity index (χ0n) is 16.5. The number of hydrogen-bond donors (Lipinski definition) is 1. The zero-order chi connectivity index (χ0) is 22.9. The summed E-state index contributed by atoms with van der Waals surface area (Å²) in [6.07, 6.45) is 2.32. The number of rotatable bonds is 4. The third-order valence-corrected chi connectivity index (χ3v) is 4.78. The van der Waals surface area contributed by atoms with E-state index >= 15 is 0 Å². The molecule has 0 aliphatic carbocycles. The fourth-order valence-corrected chi connectivity index (χ4v) is 3.24. The largest absolute Gasteiger partial charge is 0.445 e. The number of aryl methyl sites for hydroxylation is 1. The van der Waals surface area contributed by atoms with Crippen molar-refractivity contribution in [2.24, 2.45) is 0 Å². The van der Waals surface area contributed by atoms with Crippen LogP contribution in [0.3, 0.4) is 0 Å². The first-order valence-electron chi connectivity index (χ1n) is 9.28. The molecule has 1 N–H and O–H groups in total. The number of imidazole rings is 1. The van der Waals surface area contributed by atoms with Crippen LogP contribution in [0, 0.1) is 12.7 Å². The van der Waals surface area contributed by atoms with Crippen molar-refractivity contribution < 1.29 is 13.9 Å². The fraction of sp³-hybridized carbons (Fsp3) is 0.143. The van der Waals surface area contributed by atoms with Crippen LogP contribution < -0.4 is 5.32 Å². The number of benzene rings is 1. The highest BCUT2D eigenvalue weighted by Gasteiger charge is 2.23. The smallest absolute Gasteiger partial charge is 0.412 e. The van der Waals surface area contributed by atoms with Gasteiger partial charge in [0.15, 0.2) is 5.65 Å². The molecule has 0 unspecified atom stereocenters. The number of fused-ring (bicyclic) bond motifs is 1. The molecule has 4 aromatic rings. The number of nitrogens with zero attached hydrogens (tertiary/aromatic N) is 4. The first kappa shape index (κ1) is 22.3. The fourth-order valence-electron chi connectivity index (χ4n) is 3.08. The molecule has 0 saturated heterocycles. The van der Waals surface area contributed by atoms with Gasteiger partial charge in [-0.2, -0.15) is 5.10 Å². The number of carbonyl (C=O) groups excluding carboxylic acids is 1. The predicted octanol–water partition coefficient (Wildman–Crippen LogP) is 5.82. The molecule has 3 aromatic heterocycles. The van der Waals surface area contributed by atoms with Crippen molar-refractivity contribution in [1.29, 1.82) is 0 Å². The molecular formula is C21H15Cl3FN5O2. The number of aromatic nitrogens is 4. The molecule has 0 aliphatic rings. The van der Waals surface area contributed by atoms with Gasteiger partial charge in [-0.05, 0) is 55.0 Å². The number of pyridine rings is 1. The summed E-state index contributed by atoms with van der Waals surface area (Å²) in [5.74, 6) is -0.0927. The van der Waals surface area contributed by atoms with Crippen LogP contribution in [-0.2, 0) is 4.74 Å². The zero-order valence-corrected chi connectivity index (χ0v) is 18.8. The van der Waals surface area contributed by atoms with Gasteiger partial charge >= 0.3 is 6.09 Å². The monoisotopic (exact) mass is 493 g/mol. The van der Waals surface area contributed by atoms with Gasteiger partial charge in [0.25, 0.3) is 0 Å². The van der Waals surface area contributed by atoms with E-state index in [1.165, 1.54) is 12.3 Å². The quantitative estimate of drug-likeness (QED) is 0.361. The van der Waals surface area contributed by atoms with Crippen molar-refractivity contribution in [2.45, 2.75) is 10.7 Å². The molecule has 0 saturated carbocycles. The minimum absolute atomic E-state index is 0.212. The molecule has 32 heavy (non-hydrogen) atoms. The van der Waals surface area contributed by atoms with Crippen LogP contribution in [0.25, 0.3) is 28.2 Å². The molecule has 11 heteroatoms. The van der Waals surface area contributed by atoms with Gasteiger partial charge in [0.1, 0.15) is 23.9 Å². The lowest BCUT2D eigenvalue weighted by molar-refractivity contribution is 0.164. The van der Waals surface area contributed by atoms with Gasteiger partial charge in [-0.15, -0.1) is 0 Å². The SMILES string of the molecule is Cc1cc(-c2nc3cccnn3c2-c2ccnc(NC(=O)OCC(Cl)(Cl)Cl)c2)ccc1F. The molecule has 0 atom stereocenters. The Bertz CT molecular complexity index is 1310. The van der Waals surface area contributed by atoms with Gasteiger partial charge in [-0.1, -0.05) is 34.8 Å². The summed E-state index contributed by atoms with van der Waals surface area (Å²) in [7, 11) is 0. The first-order valence-corrected chi connectivity index (χ1v) is 10.4. The number of amides is 1. The molecule has 0 radical (unpaired) electrons. The molecule has 0 spiro atoms. The van der Waals surface area contributed by atoms with Crippen LogP contribution in [-0.4, -0.2) is 36.1 Å². The Kier molecular flexibility index (Phi) is 6.19. The maximum absolute atomic E-state index is 13.8. The summed E-state index contributed by atoms with van der Waals surface area (Å²) in [5, 5.41) is 6.89. The molecule has 0 fully saturated rings. The van der Waals surface area contributed by atoms with Crippen LogP contribution in [0.5, 0.6) is 0 Å². The Morgan fingerprint density at radius 3 is 2.72 bits per heavy atom. The van der Waals surface area contributed by atoms with Gasteiger partial charge < -0.3 is 4.74 Å². The molecule has 1 aromatic carbocycles. The molecule has 0 bridgehead atoms. The summed E-state index contributed by atoms with van der Waals surface area (Å²) < 4.78 is 18.6. The molecule has 1 amide bonds. The minimum atomic E-state index is -1.73. The Morgan fingerprint density at radius 2 is 1.97 bits per heavy atom. The van der Waals surface area contributed by atoms with Crippen molar-refractivity contribution in [1.82, 2.24) is 19.6 Å². The number of anilines is 1. The predicted molar refractivity (Wildman–Crippen MR) is 122 cm³/mol. The van der Waals surface area contributed by atoms with Crippen molar-refractivity contribution >= 4 is 52.4 Å². The number of carbonyl (C=O) groups is 1. The van der Waals surface area contributed by atoms with Crippen LogP contribution in [0.1, 0.15) is 5.56 Å². The van der Waals surface area contributed by atoms with Crippen molar-refractivity contribution in [3.05, 3.63) is 66.2 Å². The second kappa shape index (κ2) is 8.90. The van der Waals surface area contributed by atoms with E-state index < -0.39 is 16.5 Å². The number of alkyl halides is 3. The second-order valence-corrected chi connectivity index (χ2v) is 9.33. The second-order valence-electron chi connectivity index (χ2n) is 6.81. The minimum Gasteiger partial charge on any atom is -0.445 e. The van der Waals surface area contributed by atoms with Gasteiger partial charge in [-0.3, -0.25) is 5.32 Å². The Hall–Kier alpha value is -2.94. The number of ether oxygens (including phenoxy) is 1. The molecule has 4 rings (SSSR count). The summed E-state index contributed by atoms with van der Waals surface area (Å²) in [6.45, 7) is 1.26. The third kappa shape index (κ3) is 4.93. The van der Waals surface area contributed by atoms with E-state index in [0.29, 0.717) is 28.2 Å². The standard InChI is InChI=1S/C21H15Cl3FN5O2/c1-12-9-13(4-5-15(12)25)18-19(30-17(29-18)3-2-7-27-30)14-6-8-26-16(10-14)28-20(31)32-11-21(22,23)24/h2-10H,11H2,1H3,(H,26,28,31). The van der Waals surface area contributed by atoms with E-state index in [2.05, 4.69) is 20.4 Å². The molecule has 7 nitrogen and oxygen atoms in total. The van der Waals surface area contributed by atoms with Crippen LogP contribution in [0.15, 0.2) is 54.9 Å². The van der Waals surface area contributed by atoms with E-state index in [-0.39, 0.29) is 11.6 Å². The van der Waals surface area contributed by atoms with Crippen LogP contribution >= 0.6 is 34.8 Å². The summed E-state index contributed by atoms with van der Waals surface area (Å²) in [5.41, 5.74) is 3.73. The Morgan fingerprint density at radius 1 is 1.16 bits per heavy atom. The maximum atomic E-state index is 13.8. The van der Waals surface area contributed by atoms with Crippen LogP contribution in [0.2, 0.25) is 0 Å². The summed E-state index contributed by atoms with van der Waals surface area (Å²) in [6, 6.07) is 11.7. The lowest BCUT2D eigenvalue weighted by Crippen LogP contribution is -2.21. The van der Waals surface area contributed by atoms with Gasteiger partial charge in [-0.25, -0.2) is 23.7 Å². The van der Waals surface area contributed by atoms with Crippen LogP contribution in [0.4, 0.5) is 15.0 Å². The lowest BCUT2D eigenvalue weighted by Gasteiger charge is -2.12. The highest BCUT2D eigenvalue weighted by Crippen LogP contribution is 2.33. The highest BCUT2D eigenvalue weighted by molar-refractivity contribution is 6.67. The Balaban J connectivity index is 1.74. The van der Waals surface area contributed by atoms with E-state index in [9.17, 15) is 9.18 Å². The number of nitrogens with one attached hydrogen (secondary N) is 1. The third-order valence-electron chi connectivity index (χ3n) is 4.45. The van der Waals surface area contributed by atoms with E-state index in [4.69, 9.17) is 39.5 Å². The normalized spacial score (nSPS) is 11.5. The van der Waals surface area contributed by atoms with Gasteiger partial charge in [0.05, 0.1) is 5.69 Å². The first-order chi connectivity index (χ1) is 15.2. The van der Waals surface area contributed by atoms with Crippen molar-refractivity contribution in [3.8, 4) is 22.5 Å². The van der Waals surface area contributed by atoms with E-state index in [1.807, 2.05) is 6.07 Å². The highest BCUT2D eigenvalue weighted by atomic mass is 35.6. The van der Waals surface area contributed by atoms with Crippen molar-refractivity contribution in [3.63, 3.8) is 0 Å². The summed E-state index contributed by atoms with van der Waals surface area (Å²) >= 11 is 16.8. The molecule has 164 valence electrons. The molecule has 3 heterocycles. The maximum Gasteiger partial charge on any atom is 0.412 e.